The maximum Gasteiger partial charge on any atom is 0.343 e. The summed E-state index contributed by atoms with van der Waals surface area (Å²) in [7, 11) is 0. The number of aromatic hydroxyl groups is 2. The van der Waals surface area contributed by atoms with Crippen LogP contribution in [-0.4, -0.2) is 32.7 Å². The fourth-order valence-corrected chi connectivity index (χ4v) is 1.77. The Labute approximate surface area is 120 Å². The zero-order chi connectivity index (χ0) is 15.6. The third kappa shape index (κ3) is 3.49. The molecule has 3 N–H and O–H groups in total. The van der Waals surface area contributed by atoms with Gasteiger partial charge in [0.1, 0.15) is 5.76 Å². The number of ether oxygens (including phenoxy) is 1. The predicted octanol–water partition coefficient (Wildman–Crippen LogP) is 1.26. The lowest BCUT2D eigenvalue weighted by Crippen LogP contribution is -2.36. The molecule has 0 radical (unpaired) electrons. The first-order valence-corrected chi connectivity index (χ1v) is 6.17. The number of esters is 1. The standard InChI is InChI=1S/C15H14O6/c1-15(20)8-10(16)7-11(21-14(15)19)4-2-9-3-5-12(17)13(18)6-9/h2-7,17-18,20H,8H2,1H3/b4-2+. The Morgan fingerprint density at radius 1 is 1.19 bits per heavy atom. The molecule has 1 unspecified atom stereocenters. The first-order chi connectivity index (χ1) is 9.78. The van der Waals surface area contributed by atoms with Crippen molar-refractivity contribution in [3.05, 3.63) is 41.7 Å². The molecule has 0 saturated carbocycles. The van der Waals surface area contributed by atoms with Crippen LogP contribution in [0.2, 0.25) is 0 Å². The Kier molecular flexibility index (Phi) is 3.82. The highest BCUT2D eigenvalue weighted by Gasteiger charge is 2.37. The van der Waals surface area contributed by atoms with Gasteiger partial charge in [-0.15, -0.1) is 0 Å². The van der Waals surface area contributed by atoms with Crippen LogP contribution >= 0.6 is 0 Å². The zero-order valence-corrected chi connectivity index (χ0v) is 11.2. The van der Waals surface area contributed by atoms with Gasteiger partial charge in [-0.1, -0.05) is 12.1 Å². The summed E-state index contributed by atoms with van der Waals surface area (Å²) in [4.78, 5) is 23.2. The van der Waals surface area contributed by atoms with Crippen LogP contribution in [0.15, 0.2) is 36.1 Å². The largest absolute Gasteiger partial charge is 0.504 e. The van der Waals surface area contributed by atoms with E-state index in [0.717, 1.165) is 6.08 Å². The number of phenols is 2. The highest BCUT2D eigenvalue weighted by molar-refractivity contribution is 5.98. The quantitative estimate of drug-likeness (QED) is 0.559. The summed E-state index contributed by atoms with van der Waals surface area (Å²) in [5.74, 6) is -1.88. The van der Waals surface area contributed by atoms with Crippen LogP contribution < -0.4 is 0 Å². The minimum Gasteiger partial charge on any atom is -0.504 e. The van der Waals surface area contributed by atoms with Crippen molar-refractivity contribution in [2.75, 3.05) is 0 Å². The predicted molar refractivity (Wildman–Crippen MR) is 73.2 cm³/mol. The molecule has 1 heterocycles. The highest BCUT2D eigenvalue weighted by Crippen LogP contribution is 2.26. The molecular formula is C15H14O6. The molecule has 6 nitrogen and oxygen atoms in total. The molecule has 0 amide bonds. The minimum atomic E-state index is -1.85. The first-order valence-electron chi connectivity index (χ1n) is 6.17. The molecule has 0 aliphatic carbocycles. The number of hydrogen-bond acceptors (Lipinski definition) is 6. The number of aliphatic hydroxyl groups is 1. The molecule has 1 aliphatic rings. The Balaban J connectivity index is 2.22. The van der Waals surface area contributed by atoms with Crippen LogP contribution in [0.4, 0.5) is 0 Å². The third-order valence-electron chi connectivity index (χ3n) is 2.91. The molecular weight excluding hydrogens is 276 g/mol. The number of rotatable bonds is 2. The summed E-state index contributed by atoms with van der Waals surface area (Å²) >= 11 is 0. The van der Waals surface area contributed by atoms with E-state index in [0.29, 0.717) is 5.56 Å². The molecule has 2 rings (SSSR count). The van der Waals surface area contributed by atoms with E-state index in [-0.39, 0.29) is 23.7 Å². The second kappa shape index (κ2) is 5.41. The number of ketones is 1. The molecule has 0 bridgehead atoms. The fraction of sp³-hybridized carbons (Fsp3) is 0.200. The average molecular weight is 290 g/mol. The van der Waals surface area contributed by atoms with Crippen LogP contribution in [-0.2, 0) is 14.3 Å². The van der Waals surface area contributed by atoms with E-state index in [9.17, 15) is 24.9 Å². The average Bonchev–Trinajstić information content (AvgIpc) is 2.47. The number of phenolic OH excluding ortho intramolecular Hbond substituents is 2. The van der Waals surface area contributed by atoms with Crippen LogP contribution in [0.25, 0.3) is 6.08 Å². The van der Waals surface area contributed by atoms with Gasteiger partial charge in [-0.05, 0) is 30.7 Å². The lowest BCUT2D eigenvalue weighted by Gasteiger charge is -2.16. The number of benzene rings is 1. The third-order valence-corrected chi connectivity index (χ3v) is 2.91. The molecule has 0 saturated heterocycles. The van der Waals surface area contributed by atoms with Gasteiger partial charge in [-0.2, -0.15) is 0 Å². The zero-order valence-electron chi connectivity index (χ0n) is 11.2. The molecule has 6 heteroatoms. The smallest absolute Gasteiger partial charge is 0.343 e. The monoisotopic (exact) mass is 290 g/mol. The topological polar surface area (TPSA) is 104 Å². The summed E-state index contributed by atoms with van der Waals surface area (Å²) in [6.45, 7) is 1.21. The first kappa shape index (κ1) is 14.8. The maximum absolute atomic E-state index is 11.6. The van der Waals surface area contributed by atoms with Crippen LogP contribution in [0.1, 0.15) is 18.9 Å². The molecule has 0 aromatic heterocycles. The van der Waals surface area contributed by atoms with Crippen molar-refractivity contribution in [1.29, 1.82) is 0 Å². The second-order valence-corrected chi connectivity index (χ2v) is 4.93. The molecule has 1 aromatic rings. The number of cyclic esters (lactones) is 1. The molecule has 0 spiro atoms. The summed E-state index contributed by atoms with van der Waals surface area (Å²) in [6.07, 6.45) is 3.63. The molecule has 21 heavy (non-hydrogen) atoms. The van der Waals surface area contributed by atoms with Crippen LogP contribution in [0.3, 0.4) is 0 Å². The summed E-state index contributed by atoms with van der Waals surface area (Å²) in [5, 5.41) is 28.3. The normalized spacial score (nSPS) is 22.9. The number of allylic oxidation sites excluding steroid dienone is 2. The Hall–Kier alpha value is -2.60. The Morgan fingerprint density at radius 2 is 1.90 bits per heavy atom. The van der Waals surface area contributed by atoms with Gasteiger partial charge in [-0.3, -0.25) is 4.79 Å². The van der Waals surface area contributed by atoms with Gasteiger partial charge in [-0.25, -0.2) is 4.79 Å². The van der Waals surface area contributed by atoms with Crippen molar-refractivity contribution in [2.24, 2.45) is 0 Å². The van der Waals surface area contributed by atoms with E-state index in [4.69, 9.17) is 4.74 Å². The molecule has 1 aromatic carbocycles. The van der Waals surface area contributed by atoms with Crippen molar-refractivity contribution >= 4 is 17.8 Å². The van der Waals surface area contributed by atoms with Gasteiger partial charge in [0, 0.05) is 12.5 Å². The van der Waals surface area contributed by atoms with Crippen molar-refractivity contribution in [3.63, 3.8) is 0 Å². The van der Waals surface area contributed by atoms with Gasteiger partial charge < -0.3 is 20.1 Å². The number of carbonyl (C=O) groups is 2. The summed E-state index contributed by atoms with van der Waals surface area (Å²) in [6, 6.07) is 4.14. The summed E-state index contributed by atoms with van der Waals surface area (Å²) < 4.78 is 4.93. The number of carbonyl (C=O) groups excluding carboxylic acids is 2. The molecule has 1 aliphatic heterocycles. The Bertz CT molecular complexity index is 654. The van der Waals surface area contributed by atoms with Crippen LogP contribution in [0.5, 0.6) is 11.5 Å². The highest BCUT2D eigenvalue weighted by atomic mass is 16.6. The molecule has 110 valence electrons. The second-order valence-electron chi connectivity index (χ2n) is 4.93. The fourth-order valence-electron chi connectivity index (χ4n) is 1.77. The number of hydrogen-bond donors (Lipinski definition) is 3. The van der Waals surface area contributed by atoms with Crippen molar-refractivity contribution in [2.45, 2.75) is 18.9 Å². The maximum atomic E-state index is 11.6. The van der Waals surface area contributed by atoms with Crippen molar-refractivity contribution in [3.8, 4) is 11.5 Å². The van der Waals surface area contributed by atoms with Gasteiger partial charge in [0.05, 0.1) is 0 Å². The SMILES string of the molecule is CC1(O)CC(=O)C=C(/C=C/c2ccc(O)c(O)c2)OC1=O. The van der Waals surface area contributed by atoms with E-state index in [1.54, 1.807) is 0 Å². The van der Waals surface area contributed by atoms with Crippen molar-refractivity contribution in [1.82, 2.24) is 0 Å². The Morgan fingerprint density at radius 3 is 2.57 bits per heavy atom. The van der Waals surface area contributed by atoms with Crippen molar-refractivity contribution < 1.29 is 29.6 Å². The molecule has 1 atom stereocenters. The summed E-state index contributed by atoms with van der Waals surface area (Å²) in [5.41, 5.74) is -1.31. The van der Waals surface area contributed by atoms with Crippen LogP contribution in [0, 0.1) is 0 Å². The van der Waals surface area contributed by atoms with Gasteiger partial charge in [0.25, 0.3) is 0 Å². The van der Waals surface area contributed by atoms with Gasteiger partial charge in [0.15, 0.2) is 22.9 Å². The van der Waals surface area contributed by atoms with Gasteiger partial charge >= 0.3 is 5.97 Å². The van der Waals surface area contributed by atoms with E-state index in [1.165, 1.54) is 37.3 Å². The van der Waals surface area contributed by atoms with E-state index < -0.39 is 17.4 Å². The van der Waals surface area contributed by atoms with E-state index in [1.807, 2.05) is 0 Å². The lowest BCUT2D eigenvalue weighted by molar-refractivity contribution is -0.159. The molecule has 0 fully saturated rings. The van der Waals surface area contributed by atoms with E-state index in [2.05, 4.69) is 0 Å². The van der Waals surface area contributed by atoms with Gasteiger partial charge in [0.2, 0.25) is 0 Å². The lowest BCUT2D eigenvalue weighted by atomic mass is 10.0. The minimum absolute atomic E-state index is 0.00432. The van der Waals surface area contributed by atoms with E-state index >= 15 is 0 Å².